The molecule has 1 N–H and O–H groups in total. The molecule has 126 valence electrons. The number of carbonyl (C=O) groups excluding carboxylic acids is 1. The van der Waals surface area contributed by atoms with Gasteiger partial charge in [0.1, 0.15) is 5.82 Å². The summed E-state index contributed by atoms with van der Waals surface area (Å²) in [6, 6.07) is 5.74. The third kappa shape index (κ3) is 3.85. The Balaban J connectivity index is 1.54. The smallest absolute Gasteiger partial charge is 0.353 e. The quantitative estimate of drug-likeness (QED) is 0.829. The molecular formula is C17H19F4NO. The molecule has 0 radical (unpaired) electrons. The topological polar surface area (TPSA) is 29.1 Å². The van der Waals surface area contributed by atoms with Gasteiger partial charge < -0.3 is 5.32 Å². The first-order chi connectivity index (χ1) is 10.8. The Kier molecular flexibility index (Phi) is 4.34. The van der Waals surface area contributed by atoms with Crippen LogP contribution in [0, 0.1) is 17.7 Å². The van der Waals surface area contributed by atoms with Crippen molar-refractivity contribution in [1.82, 2.24) is 5.32 Å². The highest BCUT2D eigenvalue weighted by molar-refractivity contribution is 5.83. The highest BCUT2D eigenvalue weighted by Crippen LogP contribution is 2.48. The molecule has 0 aliphatic heterocycles. The number of benzene rings is 1. The Hall–Kier alpha value is -1.59. The molecule has 4 unspecified atom stereocenters. The minimum atomic E-state index is -4.19. The molecule has 2 fully saturated rings. The monoisotopic (exact) mass is 329 g/mol. The Morgan fingerprint density at radius 3 is 2.65 bits per heavy atom. The van der Waals surface area contributed by atoms with E-state index in [0.717, 1.165) is 5.56 Å². The molecule has 2 nitrogen and oxygen atoms in total. The maximum Gasteiger partial charge on any atom is 0.391 e. The highest BCUT2D eigenvalue weighted by Gasteiger charge is 2.46. The SMILES string of the molecule is O=C(NC1CCCC(C(F)(F)F)C1)C1CC1c1cccc(F)c1. The average molecular weight is 329 g/mol. The van der Waals surface area contributed by atoms with Crippen molar-refractivity contribution in [2.75, 3.05) is 0 Å². The van der Waals surface area contributed by atoms with Crippen LogP contribution < -0.4 is 5.32 Å². The number of halogens is 4. The summed E-state index contributed by atoms with van der Waals surface area (Å²) in [5.74, 6) is -2.13. The molecule has 4 atom stereocenters. The Morgan fingerprint density at radius 1 is 1.17 bits per heavy atom. The van der Waals surface area contributed by atoms with Gasteiger partial charge in [0.2, 0.25) is 5.91 Å². The van der Waals surface area contributed by atoms with E-state index in [2.05, 4.69) is 5.32 Å². The Morgan fingerprint density at radius 2 is 1.96 bits per heavy atom. The van der Waals surface area contributed by atoms with Crippen LogP contribution in [0.2, 0.25) is 0 Å². The lowest BCUT2D eigenvalue weighted by atomic mass is 9.85. The highest BCUT2D eigenvalue weighted by atomic mass is 19.4. The molecule has 0 spiro atoms. The van der Waals surface area contributed by atoms with Gasteiger partial charge in [-0.05, 0) is 49.3 Å². The van der Waals surface area contributed by atoms with Crippen molar-refractivity contribution < 1.29 is 22.4 Å². The van der Waals surface area contributed by atoms with Gasteiger partial charge in [-0.15, -0.1) is 0 Å². The van der Waals surface area contributed by atoms with Gasteiger partial charge in [-0.1, -0.05) is 18.6 Å². The molecule has 0 saturated heterocycles. The van der Waals surface area contributed by atoms with Crippen LogP contribution in [0.1, 0.15) is 43.6 Å². The van der Waals surface area contributed by atoms with Crippen LogP contribution in [0.15, 0.2) is 24.3 Å². The summed E-state index contributed by atoms with van der Waals surface area (Å²) in [7, 11) is 0. The van der Waals surface area contributed by atoms with Crippen LogP contribution >= 0.6 is 0 Å². The zero-order chi connectivity index (χ0) is 16.6. The first-order valence-corrected chi connectivity index (χ1v) is 7.97. The molecule has 1 amide bonds. The fourth-order valence-corrected chi connectivity index (χ4v) is 3.52. The number of carbonyl (C=O) groups is 1. The van der Waals surface area contributed by atoms with E-state index < -0.39 is 18.1 Å². The molecular weight excluding hydrogens is 310 g/mol. The number of nitrogens with one attached hydrogen (secondary N) is 1. The van der Waals surface area contributed by atoms with Crippen LogP contribution in [0.3, 0.4) is 0 Å². The first kappa shape index (κ1) is 16.3. The number of rotatable bonds is 3. The van der Waals surface area contributed by atoms with Gasteiger partial charge in [0, 0.05) is 12.0 Å². The largest absolute Gasteiger partial charge is 0.391 e. The standard InChI is InChI=1S/C17H19F4NO/c18-12-5-1-3-10(7-12)14-9-15(14)16(23)22-13-6-2-4-11(8-13)17(19,20)21/h1,3,5,7,11,13-15H,2,4,6,8-9H2,(H,22,23). The van der Waals surface area contributed by atoms with E-state index >= 15 is 0 Å². The van der Waals surface area contributed by atoms with Crippen molar-refractivity contribution in [3.63, 3.8) is 0 Å². The molecule has 2 aliphatic rings. The fraction of sp³-hybridized carbons (Fsp3) is 0.588. The first-order valence-electron chi connectivity index (χ1n) is 7.97. The molecule has 2 aliphatic carbocycles. The maximum atomic E-state index is 13.2. The van der Waals surface area contributed by atoms with Crippen LogP contribution in [-0.2, 0) is 4.79 Å². The van der Waals surface area contributed by atoms with Gasteiger partial charge in [-0.2, -0.15) is 13.2 Å². The summed E-state index contributed by atoms with van der Waals surface area (Å²) >= 11 is 0. The lowest BCUT2D eigenvalue weighted by molar-refractivity contribution is -0.184. The average Bonchev–Trinajstić information content (AvgIpc) is 3.27. The second-order valence-electron chi connectivity index (χ2n) is 6.61. The minimum absolute atomic E-state index is 0.0206. The number of amides is 1. The molecule has 3 rings (SSSR count). The lowest BCUT2D eigenvalue weighted by Crippen LogP contribution is -2.42. The molecule has 1 aromatic carbocycles. The van der Waals surface area contributed by atoms with Crippen molar-refractivity contribution in [2.45, 2.75) is 50.2 Å². The third-order valence-electron chi connectivity index (χ3n) is 4.89. The van der Waals surface area contributed by atoms with E-state index in [1.807, 2.05) is 0 Å². The zero-order valence-corrected chi connectivity index (χ0v) is 12.6. The normalized spacial score (nSPS) is 30.8. The maximum absolute atomic E-state index is 13.2. The van der Waals surface area contributed by atoms with Crippen LogP contribution in [0.5, 0.6) is 0 Å². The van der Waals surface area contributed by atoms with Gasteiger partial charge in [0.15, 0.2) is 0 Å². The molecule has 0 aromatic heterocycles. The van der Waals surface area contributed by atoms with E-state index in [0.29, 0.717) is 19.3 Å². The third-order valence-corrected chi connectivity index (χ3v) is 4.89. The van der Waals surface area contributed by atoms with Crippen molar-refractivity contribution in [2.24, 2.45) is 11.8 Å². The molecule has 1 aromatic rings. The van der Waals surface area contributed by atoms with Gasteiger partial charge in [-0.3, -0.25) is 4.79 Å². The van der Waals surface area contributed by atoms with Crippen molar-refractivity contribution in [3.05, 3.63) is 35.6 Å². The van der Waals surface area contributed by atoms with Crippen molar-refractivity contribution in [3.8, 4) is 0 Å². The number of hydrogen-bond acceptors (Lipinski definition) is 1. The molecule has 23 heavy (non-hydrogen) atoms. The predicted molar refractivity (Wildman–Crippen MR) is 77.2 cm³/mol. The van der Waals surface area contributed by atoms with Crippen LogP contribution in [0.25, 0.3) is 0 Å². The summed E-state index contributed by atoms with van der Waals surface area (Å²) in [6.45, 7) is 0. The zero-order valence-electron chi connectivity index (χ0n) is 12.6. The predicted octanol–water partition coefficient (Wildman–Crippen LogP) is 4.17. The van der Waals surface area contributed by atoms with Gasteiger partial charge >= 0.3 is 6.18 Å². The number of hydrogen-bond donors (Lipinski definition) is 1. The van der Waals surface area contributed by atoms with Crippen LogP contribution in [0.4, 0.5) is 17.6 Å². The lowest BCUT2D eigenvalue weighted by Gasteiger charge is -2.31. The van der Waals surface area contributed by atoms with E-state index in [9.17, 15) is 22.4 Å². The van der Waals surface area contributed by atoms with E-state index in [1.54, 1.807) is 12.1 Å². The second-order valence-corrected chi connectivity index (χ2v) is 6.61. The summed E-state index contributed by atoms with van der Waals surface area (Å²) in [5.41, 5.74) is 0.780. The van der Waals surface area contributed by atoms with Crippen molar-refractivity contribution in [1.29, 1.82) is 0 Å². The van der Waals surface area contributed by atoms with E-state index in [4.69, 9.17) is 0 Å². The van der Waals surface area contributed by atoms with Gasteiger partial charge in [0.05, 0.1) is 5.92 Å². The fourth-order valence-electron chi connectivity index (χ4n) is 3.52. The Labute approximate surface area is 132 Å². The van der Waals surface area contributed by atoms with Gasteiger partial charge in [-0.25, -0.2) is 4.39 Å². The minimum Gasteiger partial charge on any atom is -0.353 e. The molecule has 2 saturated carbocycles. The van der Waals surface area contributed by atoms with E-state index in [-0.39, 0.29) is 36.4 Å². The molecule has 0 heterocycles. The Bertz CT molecular complexity index is 586. The van der Waals surface area contributed by atoms with E-state index in [1.165, 1.54) is 12.1 Å². The van der Waals surface area contributed by atoms with Crippen molar-refractivity contribution >= 4 is 5.91 Å². The van der Waals surface area contributed by atoms with Crippen LogP contribution in [-0.4, -0.2) is 18.1 Å². The summed E-state index contributed by atoms with van der Waals surface area (Å²) in [4.78, 5) is 12.2. The molecule has 0 bridgehead atoms. The number of alkyl halides is 3. The summed E-state index contributed by atoms with van der Waals surface area (Å²) in [6.07, 6.45) is -2.38. The summed E-state index contributed by atoms with van der Waals surface area (Å²) in [5, 5.41) is 2.76. The molecule has 6 heteroatoms. The van der Waals surface area contributed by atoms with Gasteiger partial charge in [0.25, 0.3) is 0 Å². The second kappa shape index (κ2) is 6.13. The summed E-state index contributed by atoms with van der Waals surface area (Å²) < 4.78 is 51.6.